The molecule has 0 aliphatic carbocycles. The van der Waals surface area contributed by atoms with Crippen molar-refractivity contribution in [3.63, 3.8) is 0 Å². The maximum absolute atomic E-state index is 13.5. The van der Waals surface area contributed by atoms with Gasteiger partial charge in [-0.05, 0) is 67.3 Å². The van der Waals surface area contributed by atoms with Crippen LogP contribution in [0.3, 0.4) is 0 Å². The second-order valence-electron chi connectivity index (χ2n) is 7.49. The van der Waals surface area contributed by atoms with Crippen molar-refractivity contribution in [2.24, 2.45) is 0 Å². The van der Waals surface area contributed by atoms with Gasteiger partial charge in [0.15, 0.2) is 11.5 Å². The van der Waals surface area contributed by atoms with Gasteiger partial charge in [0, 0.05) is 11.4 Å². The van der Waals surface area contributed by atoms with Gasteiger partial charge in [0.1, 0.15) is 6.54 Å². The van der Waals surface area contributed by atoms with Gasteiger partial charge in [0.2, 0.25) is 12.7 Å². The number of nitrogens with zero attached hydrogens (tertiary/aromatic N) is 1. The van der Waals surface area contributed by atoms with Crippen LogP contribution in [-0.2, 0) is 21.4 Å². The molecule has 1 amide bonds. The van der Waals surface area contributed by atoms with Gasteiger partial charge in [-0.2, -0.15) is 0 Å². The monoisotopic (exact) mass is 484 g/mol. The van der Waals surface area contributed by atoms with Gasteiger partial charge in [0.25, 0.3) is 10.0 Å². The second-order valence-corrected chi connectivity index (χ2v) is 10.2. The van der Waals surface area contributed by atoms with Gasteiger partial charge < -0.3 is 14.8 Å². The highest BCUT2D eigenvalue weighted by Gasteiger charge is 2.27. The van der Waals surface area contributed by atoms with Crippen molar-refractivity contribution in [1.29, 1.82) is 0 Å². The van der Waals surface area contributed by atoms with E-state index in [2.05, 4.69) is 5.32 Å². The van der Waals surface area contributed by atoms with Gasteiger partial charge in [-0.15, -0.1) is 11.8 Å². The molecule has 0 saturated heterocycles. The van der Waals surface area contributed by atoms with Crippen LogP contribution in [-0.4, -0.2) is 33.9 Å². The number of anilines is 1. The molecule has 1 aliphatic heterocycles. The van der Waals surface area contributed by atoms with E-state index in [0.717, 1.165) is 20.3 Å². The lowest BCUT2D eigenvalue weighted by Crippen LogP contribution is -2.40. The first-order valence-corrected chi connectivity index (χ1v) is 12.9. The number of amides is 1. The summed E-state index contributed by atoms with van der Waals surface area (Å²) in [6.45, 7) is 1.98. The van der Waals surface area contributed by atoms with Crippen LogP contribution in [0.15, 0.2) is 76.5 Å². The minimum atomic E-state index is -3.95. The highest BCUT2D eigenvalue weighted by molar-refractivity contribution is 7.98. The summed E-state index contributed by atoms with van der Waals surface area (Å²) in [5, 5.41) is 2.80. The van der Waals surface area contributed by atoms with E-state index in [1.807, 2.05) is 31.4 Å². The van der Waals surface area contributed by atoms with Crippen LogP contribution in [0, 0.1) is 6.92 Å². The summed E-state index contributed by atoms with van der Waals surface area (Å²) in [6.07, 6.45) is 1.92. The first-order valence-electron chi connectivity index (χ1n) is 10.3. The zero-order chi connectivity index (χ0) is 23.4. The Morgan fingerprint density at radius 2 is 1.70 bits per heavy atom. The third-order valence-electron chi connectivity index (χ3n) is 5.18. The van der Waals surface area contributed by atoms with Crippen molar-refractivity contribution in [3.05, 3.63) is 77.9 Å². The molecule has 0 bridgehead atoms. The van der Waals surface area contributed by atoms with E-state index >= 15 is 0 Å². The predicted molar refractivity (Wildman–Crippen MR) is 128 cm³/mol. The highest BCUT2D eigenvalue weighted by atomic mass is 32.2. The Balaban J connectivity index is 1.54. The van der Waals surface area contributed by atoms with Crippen LogP contribution in [0.25, 0.3) is 0 Å². The van der Waals surface area contributed by atoms with Crippen LogP contribution >= 0.6 is 11.8 Å². The molecule has 172 valence electrons. The smallest absolute Gasteiger partial charge is 0.264 e. The van der Waals surface area contributed by atoms with Crippen LogP contribution in [0.4, 0.5) is 5.69 Å². The average molecular weight is 485 g/mol. The molecule has 0 unspecified atom stereocenters. The number of carbonyl (C=O) groups is 1. The van der Waals surface area contributed by atoms with Crippen LogP contribution < -0.4 is 19.1 Å². The molecule has 0 aromatic heterocycles. The Morgan fingerprint density at radius 1 is 1.00 bits per heavy atom. The molecule has 0 spiro atoms. The Kier molecular flexibility index (Phi) is 6.80. The lowest BCUT2D eigenvalue weighted by molar-refractivity contribution is -0.119. The number of carbonyl (C=O) groups excluding carboxylic acids is 1. The standard InChI is InChI=1S/C24H24N2O5S2/c1-17-3-6-19(7-4-17)26(33(28,29)21-10-8-20(32-2)9-11-21)15-24(27)25-14-18-5-12-22-23(13-18)31-16-30-22/h3-13H,14-16H2,1-2H3,(H,25,27). The van der Waals surface area contributed by atoms with E-state index in [1.165, 1.54) is 11.8 Å². The third-order valence-corrected chi connectivity index (χ3v) is 7.71. The Labute approximate surface area is 197 Å². The maximum atomic E-state index is 13.5. The number of benzene rings is 3. The molecule has 1 N–H and O–H groups in total. The number of sulfonamides is 1. The molecule has 0 saturated carbocycles. The molecular formula is C24H24N2O5S2. The molecule has 0 atom stereocenters. The summed E-state index contributed by atoms with van der Waals surface area (Å²) in [7, 11) is -3.95. The topological polar surface area (TPSA) is 84.9 Å². The number of rotatable bonds is 8. The van der Waals surface area contributed by atoms with Gasteiger partial charge in [-0.1, -0.05) is 23.8 Å². The quantitative estimate of drug-likeness (QED) is 0.487. The number of aryl methyl sites for hydroxylation is 1. The second kappa shape index (κ2) is 9.76. The first kappa shape index (κ1) is 23.0. The highest BCUT2D eigenvalue weighted by Crippen LogP contribution is 2.32. The summed E-state index contributed by atoms with van der Waals surface area (Å²) in [6, 6.07) is 19.1. The van der Waals surface area contributed by atoms with E-state index in [0.29, 0.717) is 17.2 Å². The number of nitrogens with one attached hydrogen (secondary N) is 1. The number of hydrogen-bond acceptors (Lipinski definition) is 6. The average Bonchev–Trinajstić information content (AvgIpc) is 3.30. The van der Waals surface area contributed by atoms with E-state index in [1.54, 1.807) is 48.5 Å². The van der Waals surface area contributed by atoms with E-state index in [-0.39, 0.29) is 24.8 Å². The molecule has 3 aromatic carbocycles. The fourth-order valence-corrected chi connectivity index (χ4v) is 5.17. The fraction of sp³-hybridized carbons (Fsp3) is 0.208. The summed E-state index contributed by atoms with van der Waals surface area (Å²) in [5.74, 6) is 0.867. The number of ether oxygens (including phenoxy) is 2. The number of thioether (sulfide) groups is 1. The molecule has 1 heterocycles. The minimum Gasteiger partial charge on any atom is -0.454 e. The molecule has 7 nitrogen and oxygen atoms in total. The van der Waals surface area contributed by atoms with E-state index < -0.39 is 15.9 Å². The van der Waals surface area contributed by atoms with Crippen molar-refractivity contribution in [1.82, 2.24) is 5.32 Å². The molecule has 0 fully saturated rings. The van der Waals surface area contributed by atoms with Crippen molar-refractivity contribution < 1.29 is 22.7 Å². The summed E-state index contributed by atoms with van der Waals surface area (Å²) in [4.78, 5) is 13.9. The minimum absolute atomic E-state index is 0.129. The van der Waals surface area contributed by atoms with Crippen molar-refractivity contribution in [3.8, 4) is 11.5 Å². The molecular weight excluding hydrogens is 460 g/mol. The van der Waals surface area contributed by atoms with Crippen LogP contribution in [0.5, 0.6) is 11.5 Å². The molecule has 3 aromatic rings. The SMILES string of the molecule is CSc1ccc(S(=O)(=O)N(CC(=O)NCc2ccc3c(c2)OCO3)c2ccc(C)cc2)cc1. The summed E-state index contributed by atoms with van der Waals surface area (Å²) >= 11 is 1.53. The van der Waals surface area contributed by atoms with Crippen LogP contribution in [0.1, 0.15) is 11.1 Å². The normalized spacial score (nSPS) is 12.4. The van der Waals surface area contributed by atoms with Gasteiger partial charge in [-0.25, -0.2) is 8.42 Å². The third kappa shape index (κ3) is 5.26. The predicted octanol–water partition coefficient (Wildman–Crippen LogP) is 3.96. The van der Waals surface area contributed by atoms with Crippen molar-refractivity contribution >= 4 is 33.4 Å². The fourth-order valence-electron chi connectivity index (χ4n) is 3.34. The van der Waals surface area contributed by atoms with Gasteiger partial charge in [-0.3, -0.25) is 9.10 Å². The number of fused-ring (bicyclic) bond motifs is 1. The van der Waals surface area contributed by atoms with Crippen LogP contribution in [0.2, 0.25) is 0 Å². The Morgan fingerprint density at radius 3 is 2.39 bits per heavy atom. The first-order chi connectivity index (χ1) is 15.9. The number of hydrogen-bond donors (Lipinski definition) is 1. The summed E-state index contributed by atoms with van der Waals surface area (Å²) < 4.78 is 38.7. The lowest BCUT2D eigenvalue weighted by atomic mass is 10.2. The van der Waals surface area contributed by atoms with E-state index in [4.69, 9.17) is 9.47 Å². The molecule has 0 radical (unpaired) electrons. The Hall–Kier alpha value is -3.17. The molecule has 9 heteroatoms. The van der Waals surface area contributed by atoms with Gasteiger partial charge in [0.05, 0.1) is 10.6 Å². The van der Waals surface area contributed by atoms with Crippen molar-refractivity contribution in [2.45, 2.75) is 23.3 Å². The molecule has 33 heavy (non-hydrogen) atoms. The molecule has 1 aliphatic rings. The Bertz CT molecular complexity index is 1240. The van der Waals surface area contributed by atoms with E-state index in [9.17, 15) is 13.2 Å². The van der Waals surface area contributed by atoms with Gasteiger partial charge >= 0.3 is 0 Å². The zero-order valence-electron chi connectivity index (χ0n) is 18.3. The molecule has 4 rings (SSSR count). The maximum Gasteiger partial charge on any atom is 0.264 e. The lowest BCUT2D eigenvalue weighted by Gasteiger charge is -2.24. The van der Waals surface area contributed by atoms with Crippen molar-refractivity contribution in [2.75, 3.05) is 23.9 Å². The summed E-state index contributed by atoms with van der Waals surface area (Å²) in [5.41, 5.74) is 2.24. The zero-order valence-corrected chi connectivity index (χ0v) is 19.9. The largest absolute Gasteiger partial charge is 0.454 e.